The number of nitrogens with zero attached hydrogens (tertiary/aromatic N) is 2. The van der Waals surface area contributed by atoms with Gasteiger partial charge >= 0.3 is 0 Å². The molecule has 2 N–H and O–H groups in total. The lowest BCUT2D eigenvalue weighted by molar-refractivity contribution is -0.120. The number of ether oxygens (including phenoxy) is 2. The zero-order valence-corrected chi connectivity index (χ0v) is 29.4. The highest BCUT2D eigenvalue weighted by Gasteiger charge is 2.32. The summed E-state index contributed by atoms with van der Waals surface area (Å²) in [6, 6.07) is 11.4. The number of carbonyl (C=O) groups is 2. The molecule has 0 radical (unpaired) electrons. The predicted octanol–water partition coefficient (Wildman–Crippen LogP) is 5.63. The number of anilines is 1. The Morgan fingerprint density at radius 1 is 1.04 bits per heavy atom. The van der Waals surface area contributed by atoms with Crippen molar-refractivity contribution in [1.82, 2.24) is 9.21 Å². The Hall–Kier alpha value is -2.99. The summed E-state index contributed by atoms with van der Waals surface area (Å²) in [6.07, 6.45) is 6.57. The summed E-state index contributed by atoms with van der Waals surface area (Å²) in [4.78, 5) is 29.3. The van der Waals surface area contributed by atoms with Crippen molar-refractivity contribution in [3.05, 3.63) is 53.6 Å². The monoisotopic (exact) mass is 671 g/mol. The first-order valence-electron chi connectivity index (χ1n) is 17.1. The molecule has 2 amide bonds. The van der Waals surface area contributed by atoms with Gasteiger partial charge < -0.3 is 24.8 Å². The van der Waals surface area contributed by atoms with E-state index in [-0.39, 0.29) is 54.3 Å². The number of hydrogen-bond acceptors (Lipinski definition) is 7. The standard InChI is InChI=1S/C36H53N3O7S/c1-25-14-17-31(18-15-25)47(43,44)38(5)23-34-26(2)22-39(27(3)24-40)36(42)32-21-30(37-35(41)29-12-7-6-8-13-29)16-19-33(32)46-28(4)11-9-10-20-45-34/h14-19,21,26-29,34,40H,6-13,20,22-24H2,1-5H3,(H,37,41)/t26-,27-,28-,34-/m0/s1. The Morgan fingerprint density at radius 2 is 1.72 bits per heavy atom. The Balaban J connectivity index is 1.62. The van der Waals surface area contributed by atoms with E-state index in [9.17, 15) is 23.1 Å². The minimum absolute atomic E-state index is 0.0359. The number of sulfonamides is 1. The average Bonchev–Trinajstić information content (AvgIpc) is 3.06. The maximum atomic E-state index is 14.4. The van der Waals surface area contributed by atoms with Gasteiger partial charge in [-0.3, -0.25) is 9.59 Å². The van der Waals surface area contributed by atoms with E-state index in [1.54, 1.807) is 61.3 Å². The van der Waals surface area contributed by atoms with Crippen LogP contribution in [0, 0.1) is 18.8 Å². The fourth-order valence-corrected chi connectivity index (χ4v) is 7.50. The molecule has 1 saturated carbocycles. The van der Waals surface area contributed by atoms with Gasteiger partial charge in [-0.25, -0.2) is 8.42 Å². The van der Waals surface area contributed by atoms with E-state index < -0.39 is 22.2 Å². The number of likely N-dealkylation sites (N-methyl/N-ethyl adjacent to an activating group) is 1. The van der Waals surface area contributed by atoms with Crippen molar-refractivity contribution in [2.24, 2.45) is 11.8 Å². The number of benzene rings is 2. The third kappa shape index (κ3) is 9.78. The number of hydrogen-bond donors (Lipinski definition) is 2. The van der Waals surface area contributed by atoms with Gasteiger partial charge in [0, 0.05) is 44.3 Å². The van der Waals surface area contributed by atoms with Crippen LogP contribution in [0.5, 0.6) is 5.75 Å². The Labute approximate surface area is 280 Å². The van der Waals surface area contributed by atoms with Crippen molar-refractivity contribution >= 4 is 27.5 Å². The van der Waals surface area contributed by atoms with Crippen LogP contribution in [-0.2, 0) is 19.6 Å². The predicted molar refractivity (Wildman–Crippen MR) is 183 cm³/mol. The largest absolute Gasteiger partial charge is 0.490 e. The molecule has 0 spiro atoms. The first-order valence-corrected chi connectivity index (χ1v) is 18.5. The van der Waals surface area contributed by atoms with E-state index in [1.807, 2.05) is 20.8 Å². The van der Waals surface area contributed by atoms with Gasteiger partial charge in [-0.1, -0.05) is 43.9 Å². The zero-order chi connectivity index (χ0) is 34.1. The van der Waals surface area contributed by atoms with Crippen molar-refractivity contribution in [1.29, 1.82) is 0 Å². The van der Waals surface area contributed by atoms with E-state index in [1.165, 1.54) is 4.31 Å². The Kier molecular flexibility index (Phi) is 13.2. The SMILES string of the molecule is Cc1ccc(S(=O)(=O)N(C)C[C@@H]2OCCCC[C@H](C)Oc3ccc(NC(=O)C4CCCCC4)cc3C(=O)N([C@@H](C)CO)C[C@@H]2C)cc1. The number of nitrogens with one attached hydrogen (secondary N) is 1. The molecular weight excluding hydrogens is 618 g/mol. The molecule has 4 atom stereocenters. The average molecular weight is 672 g/mol. The van der Waals surface area contributed by atoms with Gasteiger partial charge in [0.1, 0.15) is 5.75 Å². The first kappa shape index (κ1) is 36.8. The molecule has 1 aliphatic heterocycles. The van der Waals surface area contributed by atoms with Crippen LogP contribution in [0.25, 0.3) is 0 Å². The highest BCUT2D eigenvalue weighted by molar-refractivity contribution is 7.89. The summed E-state index contributed by atoms with van der Waals surface area (Å²) in [5.41, 5.74) is 1.80. The highest BCUT2D eigenvalue weighted by atomic mass is 32.2. The molecule has 1 heterocycles. The smallest absolute Gasteiger partial charge is 0.258 e. The number of aliphatic hydroxyl groups is 1. The second-order valence-corrected chi connectivity index (χ2v) is 15.5. The second kappa shape index (κ2) is 16.9. The fraction of sp³-hybridized carbons (Fsp3) is 0.611. The molecular formula is C36H53N3O7S. The van der Waals surface area contributed by atoms with Crippen LogP contribution in [0.1, 0.15) is 88.1 Å². The van der Waals surface area contributed by atoms with Gasteiger partial charge in [-0.2, -0.15) is 4.31 Å². The quantitative estimate of drug-likeness (QED) is 0.373. The number of amides is 2. The molecule has 10 nitrogen and oxygen atoms in total. The molecule has 11 heteroatoms. The van der Waals surface area contributed by atoms with Crippen LogP contribution in [0.15, 0.2) is 47.4 Å². The summed E-state index contributed by atoms with van der Waals surface area (Å²) < 4.78 is 40.9. The molecule has 47 heavy (non-hydrogen) atoms. The molecule has 260 valence electrons. The Bertz CT molecular complexity index is 1440. The minimum atomic E-state index is -3.77. The lowest BCUT2D eigenvalue weighted by atomic mass is 9.88. The van der Waals surface area contributed by atoms with E-state index in [0.717, 1.165) is 56.9 Å². The third-order valence-electron chi connectivity index (χ3n) is 9.46. The molecule has 2 aliphatic rings. The van der Waals surface area contributed by atoms with Crippen LogP contribution >= 0.6 is 0 Å². The summed E-state index contributed by atoms with van der Waals surface area (Å²) in [6.45, 7) is 8.05. The van der Waals surface area contributed by atoms with Crippen molar-refractivity contribution in [2.45, 2.75) is 102 Å². The van der Waals surface area contributed by atoms with Gasteiger partial charge in [0.25, 0.3) is 5.91 Å². The molecule has 0 aromatic heterocycles. The number of carbonyl (C=O) groups excluding carboxylic acids is 2. The summed E-state index contributed by atoms with van der Waals surface area (Å²) in [7, 11) is -2.22. The Morgan fingerprint density at radius 3 is 2.40 bits per heavy atom. The second-order valence-electron chi connectivity index (χ2n) is 13.4. The molecule has 0 unspecified atom stereocenters. The van der Waals surface area contributed by atoms with Crippen LogP contribution in [0.3, 0.4) is 0 Å². The van der Waals surface area contributed by atoms with Crippen molar-refractivity contribution < 1.29 is 32.6 Å². The third-order valence-corrected chi connectivity index (χ3v) is 11.3. The molecule has 0 bridgehead atoms. The summed E-state index contributed by atoms with van der Waals surface area (Å²) in [5.74, 6) is -0.281. The molecule has 2 aromatic rings. The lowest BCUT2D eigenvalue weighted by Crippen LogP contribution is -2.48. The van der Waals surface area contributed by atoms with E-state index in [4.69, 9.17) is 9.47 Å². The highest BCUT2D eigenvalue weighted by Crippen LogP contribution is 2.30. The maximum Gasteiger partial charge on any atom is 0.258 e. The van der Waals surface area contributed by atoms with Crippen LogP contribution < -0.4 is 10.1 Å². The van der Waals surface area contributed by atoms with Gasteiger partial charge in [-0.05, 0) is 83.2 Å². The van der Waals surface area contributed by atoms with Gasteiger partial charge in [0.15, 0.2) is 0 Å². The molecule has 1 fully saturated rings. The molecule has 1 aliphatic carbocycles. The van der Waals surface area contributed by atoms with Crippen LogP contribution in [0.4, 0.5) is 5.69 Å². The van der Waals surface area contributed by atoms with Gasteiger partial charge in [-0.15, -0.1) is 0 Å². The summed E-state index contributed by atoms with van der Waals surface area (Å²) >= 11 is 0. The van der Waals surface area contributed by atoms with Crippen LogP contribution in [-0.4, -0.2) is 86.1 Å². The molecule has 0 saturated heterocycles. The first-order chi connectivity index (χ1) is 22.4. The normalized spacial score (nSPS) is 23.0. The summed E-state index contributed by atoms with van der Waals surface area (Å²) in [5, 5.41) is 13.3. The van der Waals surface area contributed by atoms with E-state index in [2.05, 4.69) is 5.32 Å². The van der Waals surface area contributed by atoms with Gasteiger partial charge in [0.2, 0.25) is 15.9 Å². The minimum Gasteiger partial charge on any atom is -0.490 e. The number of aryl methyl sites for hydroxylation is 1. The van der Waals surface area contributed by atoms with Crippen molar-refractivity contribution in [2.75, 3.05) is 38.7 Å². The maximum absolute atomic E-state index is 14.4. The van der Waals surface area contributed by atoms with Crippen molar-refractivity contribution in [3.8, 4) is 5.75 Å². The zero-order valence-electron chi connectivity index (χ0n) is 28.6. The topological polar surface area (TPSA) is 125 Å². The fourth-order valence-electron chi connectivity index (χ4n) is 6.31. The van der Waals surface area contributed by atoms with Crippen molar-refractivity contribution in [3.63, 3.8) is 0 Å². The molecule has 2 aromatic carbocycles. The number of rotatable bonds is 8. The molecule has 4 rings (SSSR count). The number of aliphatic hydroxyl groups excluding tert-OH is 1. The lowest BCUT2D eigenvalue weighted by Gasteiger charge is -2.35. The van der Waals surface area contributed by atoms with Crippen LogP contribution in [0.2, 0.25) is 0 Å². The van der Waals surface area contributed by atoms with E-state index >= 15 is 0 Å². The number of fused-ring (bicyclic) bond motifs is 1. The van der Waals surface area contributed by atoms with Gasteiger partial charge in [0.05, 0.1) is 35.3 Å². The van der Waals surface area contributed by atoms with E-state index in [0.29, 0.717) is 23.6 Å².